The second kappa shape index (κ2) is 8.33. The van der Waals surface area contributed by atoms with E-state index in [9.17, 15) is 23.3 Å². The summed E-state index contributed by atoms with van der Waals surface area (Å²) in [6.07, 6.45) is -1.35. The molecule has 0 aromatic heterocycles. The summed E-state index contributed by atoms with van der Waals surface area (Å²) >= 11 is 5.92. The third kappa shape index (κ3) is 4.94. The van der Waals surface area contributed by atoms with Gasteiger partial charge in [0.05, 0.1) is 11.0 Å². The number of likely N-dealkylation sites (N-methyl/N-ethyl adjacent to an activating group) is 1. The lowest BCUT2D eigenvalue weighted by atomic mass is 10.1. The van der Waals surface area contributed by atoms with Gasteiger partial charge in [-0.05, 0) is 23.8 Å². The highest BCUT2D eigenvalue weighted by atomic mass is 35.5. The Morgan fingerprint density at radius 1 is 1.30 bits per heavy atom. The van der Waals surface area contributed by atoms with Gasteiger partial charge in [0.15, 0.2) is 4.90 Å². The first-order valence-corrected chi connectivity index (χ1v) is 9.39. The molecule has 0 aliphatic carbocycles. The van der Waals surface area contributed by atoms with Gasteiger partial charge in [0, 0.05) is 24.7 Å². The van der Waals surface area contributed by atoms with E-state index in [0.717, 1.165) is 16.4 Å². The van der Waals surface area contributed by atoms with Crippen molar-refractivity contribution >= 4 is 33.4 Å². The van der Waals surface area contributed by atoms with Gasteiger partial charge in [-0.3, -0.25) is 10.1 Å². The van der Waals surface area contributed by atoms with E-state index < -0.39 is 37.7 Å². The predicted molar refractivity (Wildman–Crippen MR) is 98.3 cm³/mol. The average molecular weight is 414 g/mol. The number of para-hydroxylation sites is 1. The van der Waals surface area contributed by atoms with Crippen LogP contribution in [0, 0.1) is 10.1 Å². The van der Waals surface area contributed by atoms with Crippen LogP contribution in [0.3, 0.4) is 0 Å². The maximum atomic E-state index is 12.8. The summed E-state index contributed by atoms with van der Waals surface area (Å²) in [5.41, 5.74) is -0.107. The lowest BCUT2D eigenvalue weighted by molar-refractivity contribution is -0.387. The zero-order valence-electron chi connectivity index (χ0n) is 14.1. The summed E-state index contributed by atoms with van der Waals surface area (Å²) in [5, 5.41) is 22.8. The number of hydrogen-bond acceptors (Lipinski definition) is 5. The summed E-state index contributed by atoms with van der Waals surface area (Å²) in [5.74, 6) is 0. The molecule has 0 aliphatic heterocycles. The minimum Gasteiger partial charge on any atom is -0.465 e. The van der Waals surface area contributed by atoms with E-state index in [2.05, 4.69) is 5.32 Å². The van der Waals surface area contributed by atoms with E-state index in [4.69, 9.17) is 16.7 Å². The summed E-state index contributed by atoms with van der Waals surface area (Å²) in [6, 6.07) is 10.3. The minimum absolute atomic E-state index is 0.291. The number of sulfonamides is 1. The highest BCUT2D eigenvalue weighted by molar-refractivity contribution is 7.89. The van der Waals surface area contributed by atoms with Crippen LogP contribution in [0.15, 0.2) is 53.4 Å². The Balaban J connectivity index is 2.38. The Morgan fingerprint density at radius 2 is 1.96 bits per heavy atom. The number of nitrogens with one attached hydrogen (secondary N) is 1. The molecule has 2 aromatic carbocycles. The molecule has 1 amide bonds. The van der Waals surface area contributed by atoms with E-state index in [0.29, 0.717) is 10.6 Å². The van der Waals surface area contributed by atoms with Crippen LogP contribution >= 0.6 is 11.6 Å². The molecule has 0 aliphatic rings. The van der Waals surface area contributed by atoms with Crippen molar-refractivity contribution in [1.82, 2.24) is 9.62 Å². The molecular weight excluding hydrogens is 398 g/mol. The molecule has 1 atom stereocenters. The molecule has 0 fully saturated rings. The lowest BCUT2D eigenvalue weighted by Gasteiger charge is -2.24. The van der Waals surface area contributed by atoms with Gasteiger partial charge in [-0.15, -0.1) is 0 Å². The number of nitro benzene ring substituents is 1. The SMILES string of the molecule is CN(C[C@@H](NC(=O)O)c1cccc(Cl)c1)S(=O)(=O)c1ccccc1[N+](=O)[O-]. The monoisotopic (exact) mass is 413 g/mol. The first-order chi connectivity index (χ1) is 12.6. The van der Waals surface area contributed by atoms with Gasteiger partial charge < -0.3 is 10.4 Å². The lowest BCUT2D eigenvalue weighted by Crippen LogP contribution is -2.38. The molecule has 0 spiro atoms. The van der Waals surface area contributed by atoms with Crippen LogP contribution in [-0.4, -0.2) is 42.4 Å². The summed E-state index contributed by atoms with van der Waals surface area (Å²) in [7, 11) is -3.02. The Labute approximate surface area is 160 Å². The summed E-state index contributed by atoms with van der Waals surface area (Å²) in [6.45, 7) is -0.291. The Hall–Kier alpha value is -2.69. The van der Waals surface area contributed by atoms with E-state index in [1.165, 1.54) is 25.2 Å². The third-order valence-corrected chi connectivity index (χ3v) is 5.84. The zero-order valence-corrected chi connectivity index (χ0v) is 15.6. The average Bonchev–Trinajstić information content (AvgIpc) is 2.60. The van der Waals surface area contributed by atoms with Crippen LogP contribution in [0.25, 0.3) is 0 Å². The molecule has 0 saturated heterocycles. The van der Waals surface area contributed by atoms with Crippen molar-refractivity contribution in [2.24, 2.45) is 0 Å². The van der Waals surface area contributed by atoms with Gasteiger partial charge in [-0.1, -0.05) is 35.9 Å². The number of amides is 1. The van der Waals surface area contributed by atoms with Crippen LogP contribution in [0.2, 0.25) is 5.02 Å². The van der Waals surface area contributed by atoms with Gasteiger partial charge in [0.25, 0.3) is 5.69 Å². The van der Waals surface area contributed by atoms with Crippen LogP contribution in [0.4, 0.5) is 10.5 Å². The zero-order chi connectivity index (χ0) is 20.2. The van der Waals surface area contributed by atoms with Gasteiger partial charge in [0.1, 0.15) is 0 Å². The molecule has 27 heavy (non-hydrogen) atoms. The fourth-order valence-electron chi connectivity index (χ4n) is 2.46. The molecule has 144 valence electrons. The van der Waals surface area contributed by atoms with Gasteiger partial charge in [-0.25, -0.2) is 13.2 Å². The number of carbonyl (C=O) groups is 1. The van der Waals surface area contributed by atoms with Gasteiger partial charge >= 0.3 is 6.09 Å². The van der Waals surface area contributed by atoms with Gasteiger partial charge in [0.2, 0.25) is 10.0 Å². The Bertz CT molecular complexity index is 966. The maximum Gasteiger partial charge on any atom is 0.405 e. The van der Waals surface area contributed by atoms with Crippen LogP contribution in [0.1, 0.15) is 11.6 Å². The third-order valence-electron chi connectivity index (χ3n) is 3.74. The molecule has 0 radical (unpaired) electrons. The van der Waals surface area contributed by atoms with Crippen molar-refractivity contribution in [3.63, 3.8) is 0 Å². The summed E-state index contributed by atoms with van der Waals surface area (Å²) < 4.78 is 26.5. The molecule has 11 heteroatoms. The van der Waals surface area contributed by atoms with E-state index in [1.807, 2.05) is 0 Å². The summed E-state index contributed by atoms with van der Waals surface area (Å²) in [4.78, 5) is 21.0. The fraction of sp³-hybridized carbons (Fsp3) is 0.188. The maximum absolute atomic E-state index is 12.8. The molecule has 2 rings (SSSR count). The van der Waals surface area contributed by atoms with Crippen molar-refractivity contribution in [2.75, 3.05) is 13.6 Å². The molecule has 0 bridgehead atoms. The van der Waals surface area contributed by atoms with Crippen LogP contribution in [-0.2, 0) is 10.0 Å². The molecule has 9 nitrogen and oxygen atoms in total. The number of nitro groups is 1. The predicted octanol–water partition coefficient (Wildman–Crippen LogP) is 2.88. The number of rotatable bonds is 7. The molecule has 2 N–H and O–H groups in total. The number of benzene rings is 2. The largest absolute Gasteiger partial charge is 0.465 e. The van der Waals surface area contributed by atoms with Crippen molar-refractivity contribution < 1.29 is 23.2 Å². The molecule has 0 heterocycles. The minimum atomic E-state index is -4.24. The first kappa shape index (κ1) is 20.6. The van der Waals surface area contributed by atoms with Crippen LogP contribution < -0.4 is 5.32 Å². The van der Waals surface area contributed by atoms with Gasteiger partial charge in [-0.2, -0.15) is 4.31 Å². The molecular formula is C16H16ClN3O6S. The fourth-order valence-corrected chi connectivity index (χ4v) is 3.99. The first-order valence-electron chi connectivity index (χ1n) is 7.57. The molecule has 0 saturated carbocycles. The van der Waals surface area contributed by atoms with Crippen molar-refractivity contribution in [1.29, 1.82) is 0 Å². The quantitative estimate of drug-likeness (QED) is 0.530. The van der Waals surface area contributed by atoms with E-state index in [1.54, 1.807) is 18.2 Å². The second-order valence-electron chi connectivity index (χ2n) is 5.57. The topological polar surface area (TPSA) is 130 Å². The smallest absolute Gasteiger partial charge is 0.405 e. The molecule has 2 aromatic rings. The van der Waals surface area contributed by atoms with Crippen LogP contribution in [0.5, 0.6) is 0 Å². The highest BCUT2D eigenvalue weighted by Gasteiger charge is 2.31. The number of carboxylic acid groups (broad SMARTS) is 1. The highest BCUT2D eigenvalue weighted by Crippen LogP contribution is 2.27. The van der Waals surface area contributed by atoms with E-state index in [-0.39, 0.29) is 6.54 Å². The Morgan fingerprint density at radius 3 is 2.56 bits per heavy atom. The van der Waals surface area contributed by atoms with Crippen molar-refractivity contribution in [2.45, 2.75) is 10.9 Å². The second-order valence-corrected chi connectivity index (χ2v) is 8.02. The Kier molecular flexibility index (Phi) is 6.37. The number of nitrogens with zero attached hydrogens (tertiary/aromatic N) is 2. The molecule has 0 unspecified atom stereocenters. The standard InChI is InChI=1S/C16H16ClN3O6S/c1-19(27(25,26)15-8-3-2-7-14(15)20(23)24)10-13(18-16(21)22)11-5-4-6-12(17)9-11/h2-9,13,18H,10H2,1H3,(H,21,22)/t13-/m1/s1. The van der Waals surface area contributed by atoms with Crippen molar-refractivity contribution in [3.8, 4) is 0 Å². The normalized spacial score (nSPS) is 12.6. The van der Waals surface area contributed by atoms with Crippen molar-refractivity contribution in [3.05, 3.63) is 69.2 Å². The van der Waals surface area contributed by atoms with E-state index >= 15 is 0 Å². The number of halogens is 1. The number of hydrogen-bond donors (Lipinski definition) is 2.